The number of benzene rings is 2. The van der Waals surface area contributed by atoms with Gasteiger partial charge >= 0.3 is 0 Å². The van der Waals surface area contributed by atoms with Crippen molar-refractivity contribution in [3.05, 3.63) is 60.4 Å². The van der Waals surface area contributed by atoms with Gasteiger partial charge in [-0.15, -0.1) is 0 Å². The Balaban J connectivity index is 1.58. The Morgan fingerprint density at radius 3 is 2.80 bits per heavy atom. The molecule has 2 aromatic carbocycles. The Kier molecular flexibility index (Phi) is 6.21. The number of rotatable bonds is 9. The van der Waals surface area contributed by atoms with Crippen molar-refractivity contribution in [1.29, 1.82) is 0 Å². The normalized spacial score (nSPS) is 10.8. The number of nitrogens with zero attached hydrogens (tertiary/aromatic N) is 2. The van der Waals surface area contributed by atoms with Gasteiger partial charge in [0.2, 0.25) is 0 Å². The highest BCUT2D eigenvalue weighted by Crippen LogP contribution is 2.20. The number of hydrogen-bond donors (Lipinski definition) is 1. The molecule has 0 unspecified atom stereocenters. The van der Waals surface area contributed by atoms with Gasteiger partial charge in [-0.2, -0.15) is 0 Å². The van der Waals surface area contributed by atoms with Crippen molar-refractivity contribution in [1.82, 2.24) is 9.97 Å². The maximum atomic E-state index is 5.86. The fourth-order valence-corrected chi connectivity index (χ4v) is 2.80. The first-order valence-corrected chi connectivity index (χ1v) is 9.02. The lowest BCUT2D eigenvalue weighted by Gasteiger charge is -2.10. The molecule has 0 saturated carbocycles. The molecule has 0 fully saturated rings. The summed E-state index contributed by atoms with van der Waals surface area (Å²) < 4.78 is 5.86. The van der Waals surface area contributed by atoms with E-state index in [0.717, 1.165) is 35.5 Å². The monoisotopic (exact) mass is 335 g/mol. The SMILES string of the molecule is CCCCCCOc1cccc(CNc2ncnc3ccccc23)c1. The molecule has 0 spiro atoms. The molecule has 4 nitrogen and oxygen atoms in total. The second-order valence-corrected chi connectivity index (χ2v) is 6.15. The summed E-state index contributed by atoms with van der Waals surface area (Å²) in [5.41, 5.74) is 2.12. The Bertz CT molecular complexity index is 799. The van der Waals surface area contributed by atoms with E-state index in [9.17, 15) is 0 Å². The maximum absolute atomic E-state index is 5.86. The zero-order valence-electron chi connectivity index (χ0n) is 14.7. The smallest absolute Gasteiger partial charge is 0.137 e. The molecule has 4 heteroatoms. The van der Waals surface area contributed by atoms with Crippen molar-refractivity contribution in [3.63, 3.8) is 0 Å². The first kappa shape index (κ1) is 17.2. The highest BCUT2D eigenvalue weighted by molar-refractivity contribution is 5.88. The minimum absolute atomic E-state index is 0.702. The third kappa shape index (κ3) is 4.92. The van der Waals surface area contributed by atoms with Crippen LogP contribution in [0.1, 0.15) is 38.2 Å². The summed E-state index contributed by atoms with van der Waals surface area (Å²) in [7, 11) is 0. The van der Waals surface area contributed by atoms with E-state index in [1.807, 2.05) is 36.4 Å². The predicted octanol–water partition coefficient (Wildman–Crippen LogP) is 5.20. The zero-order valence-corrected chi connectivity index (χ0v) is 14.7. The van der Waals surface area contributed by atoms with E-state index in [1.165, 1.54) is 24.8 Å². The number of aromatic nitrogens is 2. The molecule has 0 bridgehead atoms. The summed E-state index contributed by atoms with van der Waals surface area (Å²) in [5.74, 6) is 1.79. The van der Waals surface area contributed by atoms with Crippen molar-refractivity contribution in [3.8, 4) is 5.75 Å². The molecular weight excluding hydrogens is 310 g/mol. The second-order valence-electron chi connectivity index (χ2n) is 6.15. The minimum atomic E-state index is 0.702. The van der Waals surface area contributed by atoms with Gasteiger partial charge in [0, 0.05) is 11.9 Å². The standard InChI is InChI=1S/C21H25N3O/c1-2-3-4-7-13-25-18-10-8-9-17(14-18)15-22-21-19-11-5-6-12-20(19)23-16-24-21/h5-6,8-12,14,16H,2-4,7,13,15H2,1H3,(H,22,23,24). The highest BCUT2D eigenvalue weighted by atomic mass is 16.5. The largest absolute Gasteiger partial charge is 0.494 e. The van der Waals surface area contributed by atoms with E-state index >= 15 is 0 Å². The Morgan fingerprint density at radius 1 is 0.960 bits per heavy atom. The van der Waals surface area contributed by atoms with Crippen molar-refractivity contribution in [2.24, 2.45) is 0 Å². The van der Waals surface area contributed by atoms with E-state index in [1.54, 1.807) is 6.33 Å². The molecule has 0 aliphatic rings. The van der Waals surface area contributed by atoms with Crippen LogP contribution in [0.2, 0.25) is 0 Å². The average molecular weight is 335 g/mol. The fourth-order valence-electron chi connectivity index (χ4n) is 2.80. The molecule has 0 aliphatic heterocycles. The lowest BCUT2D eigenvalue weighted by molar-refractivity contribution is 0.305. The molecule has 0 radical (unpaired) electrons. The van der Waals surface area contributed by atoms with Gasteiger partial charge in [0.15, 0.2) is 0 Å². The summed E-state index contributed by atoms with van der Waals surface area (Å²) in [6, 6.07) is 16.3. The van der Waals surface area contributed by atoms with Crippen LogP contribution in [0.4, 0.5) is 5.82 Å². The lowest BCUT2D eigenvalue weighted by Crippen LogP contribution is -2.03. The van der Waals surface area contributed by atoms with Crippen LogP contribution in [0.5, 0.6) is 5.75 Å². The summed E-state index contributed by atoms with van der Waals surface area (Å²) in [6.45, 7) is 3.71. The summed E-state index contributed by atoms with van der Waals surface area (Å²) >= 11 is 0. The predicted molar refractivity (Wildman–Crippen MR) is 103 cm³/mol. The van der Waals surface area contributed by atoms with Crippen LogP contribution in [0, 0.1) is 0 Å². The molecule has 0 saturated heterocycles. The Labute approximate surface area is 149 Å². The Morgan fingerprint density at radius 2 is 1.88 bits per heavy atom. The second kappa shape index (κ2) is 9.02. The van der Waals surface area contributed by atoms with Crippen LogP contribution in [0.25, 0.3) is 10.9 Å². The molecule has 1 heterocycles. The van der Waals surface area contributed by atoms with Gasteiger partial charge < -0.3 is 10.1 Å². The first-order valence-electron chi connectivity index (χ1n) is 9.02. The topological polar surface area (TPSA) is 47.0 Å². The summed E-state index contributed by atoms with van der Waals surface area (Å²) in [5, 5.41) is 4.44. The van der Waals surface area contributed by atoms with E-state index in [0.29, 0.717) is 6.54 Å². The number of hydrogen-bond acceptors (Lipinski definition) is 4. The number of ether oxygens (including phenoxy) is 1. The summed E-state index contributed by atoms with van der Waals surface area (Å²) in [4.78, 5) is 8.66. The van der Waals surface area contributed by atoms with Crippen molar-refractivity contribution < 1.29 is 4.74 Å². The van der Waals surface area contributed by atoms with Crippen LogP contribution in [0.15, 0.2) is 54.9 Å². The third-order valence-electron chi connectivity index (χ3n) is 4.17. The molecule has 0 aliphatic carbocycles. The van der Waals surface area contributed by atoms with Crippen LogP contribution >= 0.6 is 0 Å². The molecule has 1 aromatic heterocycles. The van der Waals surface area contributed by atoms with Gasteiger partial charge in [0.05, 0.1) is 12.1 Å². The van der Waals surface area contributed by atoms with Crippen molar-refractivity contribution in [2.45, 2.75) is 39.2 Å². The zero-order chi connectivity index (χ0) is 17.3. The van der Waals surface area contributed by atoms with Gasteiger partial charge in [-0.05, 0) is 36.2 Å². The minimum Gasteiger partial charge on any atom is -0.494 e. The van der Waals surface area contributed by atoms with Gasteiger partial charge in [0.25, 0.3) is 0 Å². The number of unbranched alkanes of at least 4 members (excludes halogenated alkanes) is 3. The van der Waals surface area contributed by atoms with E-state index in [4.69, 9.17) is 4.74 Å². The molecule has 0 amide bonds. The van der Waals surface area contributed by atoms with E-state index in [-0.39, 0.29) is 0 Å². The first-order chi connectivity index (χ1) is 12.4. The molecule has 0 atom stereocenters. The Hall–Kier alpha value is -2.62. The van der Waals surface area contributed by atoms with Crippen molar-refractivity contribution in [2.75, 3.05) is 11.9 Å². The summed E-state index contributed by atoms with van der Waals surface area (Å²) in [6.07, 6.45) is 6.47. The lowest BCUT2D eigenvalue weighted by atomic mass is 10.2. The number of fused-ring (bicyclic) bond motifs is 1. The molecule has 3 rings (SSSR count). The number of para-hydroxylation sites is 1. The maximum Gasteiger partial charge on any atom is 0.137 e. The average Bonchev–Trinajstić information content (AvgIpc) is 2.66. The molecule has 25 heavy (non-hydrogen) atoms. The number of nitrogens with one attached hydrogen (secondary N) is 1. The molecule has 130 valence electrons. The van der Waals surface area contributed by atoms with Gasteiger partial charge in [-0.1, -0.05) is 50.5 Å². The number of anilines is 1. The molecular formula is C21H25N3O. The van der Waals surface area contributed by atoms with Crippen LogP contribution in [-0.4, -0.2) is 16.6 Å². The van der Waals surface area contributed by atoms with Crippen molar-refractivity contribution >= 4 is 16.7 Å². The third-order valence-corrected chi connectivity index (χ3v) is 4.17. The van der Waals surface area contributed by atoms with Gasteiger partial charge in [-0.3, -0.25) is 0 Å². The van der Waals surface area contributed by atoms with Gasteiger partial charge in [-0.25, -0.2) is 9.97 Å². The van der Waals surface area contributed by atoms with Gasteiger partial charge in [0.1, 0.15) is 17.9 Å². The van der Waals surface area contributed by atoms with Crippen LogP contribution in [-0.2, 0) is 6.54 Å². The van der Waals surface area contributed by atoms with Crippen LogP contribution < -0.4 is 10.1 Å². The molecule has 3 aromatic rings. The highest BCUT2D eigenvalue weighted by Gasteiger charge is 2.03. The van der Waals surface area contributed by atoms with E-state index in [2.05, 4.69) is 34.3 Å². The van der Waals surface area contributed by atoms with Crippen LogP contribution in [0.3, 0.4) is 0 Å². The quantitative estimate of drug-likeness (QED) is 0.546. The fraction of sp³-hybridized carbons (Fsp3) is 0.333. The molecule has 1 N–H and O–H groups in total. The van der Waals surface area contributed by atoms with E-state index < -0.39 is 0 Å².